The maximum atomic E-state index is 13.7. The SMILES string of the molecule is Cc1ccccc1-c1nc(NS(=O)(=O)c2cccc(N3CCC[C@H](C(=O)O)C3)n2)ccc1C(F)(F)F. The Morgan fingerprint density at radius 2 is 1.83 bits per heavy atom. The van der Waals surface area contributed by atoms with Crippen LogP contribution in [0.5, 0.6) is 0 Å². The summed E-state index contributed by atoms with van der Waals surface area (Å²) in [7, 11) is -4.31. The van der Waals surface area contributed by atoms with Crippen molar-refractivity contribution in [2.45, 2.75) is 31.0 Å². The van der Waals surface area contributed by atoms with Gasteiger partial charge in [-0.05, 0) is 49.6 Å². The second kappa shape index (κ2) is 9.76. The molecule has 0 radical (unpaired) electrons. The number of rotatable bonds is 6. The Balaban J connectivity index is 1.66. The van der Waals surface area contributed by atoms with Crippen molar-refractivity contribution in [2.24, 2.45) is 5.92 Å². The van der Waals surface area contributed by atoms with E-state index in [2.05, 4.69) is 14.7 Å². The molecule has 4 rings (SSSR count). The van der Waals surface area contributed by atoms with Crippen LogP contribution in [0.1, 0.15) is 24.0 Å². The molecule has 0 saturated carbocycles. The molecule has 12 heteroatoms. The number of hydrogen-bond donors (Lipinski definition) is 2. The molecule has 190 valence electrons. The van der Waals surface area contributed by atoms with Gasteiger partial charge in [-0.2, -0.15) is 21.6 Å². The molecule has 0 amide bonds. The van der Waals surface area contributed by atoms with Crippen molar-refractivity contribution in [3.63, 3.8) is 0 Å². The number of carboxylic acids is 1. The van der Waals surface area contributed by atoms with Crippen molar-refractivity contribution < 1.29 is 31.5 Å². The number of halogens is 3. The first-order valence-electron chi connectivity index (χ1n) is 11.1. The fourth-order valence-corrected chi connectivity index (χ4v) is 5.06. The molecule has 2 aromatic heterocycles. The Hall–Kier alpha value is -3.67. The predicted octanol–water partition coefficient (Wildman–Crippen LogP) is 4.57. The number of aryl methyl sites for hydroxylation is 1. The average molecular weight is 521 g/mol. The molecular weight excluding hydrogens is 497 g/mol. The first-order valence-corrected chi connectivity index (χ1v) is 12.6. The third kappa shape index (κ3) is 5.43. The number of aliphatic carboxylic acids is 1. The van der Waals surface area contributed by atoms with Gasteiger partial charge in [-0.3, -0.25) is 9.52 Å². The Labute approximate surface area is 205 Å². The molecule has 8 nitrogen and oxygen atoms in total. The monoisotopic (exact) mass is 520 g/mol. The summed E-state index contributed by atoms with van der Waals surface area (Å²) in [4.78, 5) is 21.3. The molecule has 3 aromatic rings. The van der Waals surface area contributed by atoms with Gasteiger partial charge in [-0.1, -0.05) is 30.3 Å². The lowest BCUT2D eigenvalue weighted by atomic mass is 9.98. The lowest BCUT2D eigenvalue weighted by Gasteiger charge is -2.31. The van der Waals surface area contributed by atoms with E-state index >= 15 is 0 Å². The Morgan fingerprint density at radius 1 is 1.08 bits per heavy atom. The molecular formula is C24H23F3N4O4S. The van der Waals surface area contributed by atoms with Gasteiger partial charge in [-0.15, -0.1) is 0 Å². The largest absolute Gasteiger partial charge is 0.481 e. The number of pyridine rings is 2. The number of piperidine rings is 1. The maximum Gasteiger partial charge on any atom is 0.418 e. The number of carbonyl (C=O) groups is 1. The molecule has 0 spiro atoms. The van der Waals surface area contributed by atoms with E-state index in [1.165, 1.54) is 18.2 Å². The minimum Gasteiger partial charge on any atom is -0.481 e. The highest BCUT2D eigenvalue weighted by Gasteiger charge is 2.35. The van der Waals surface area contributed by atoms with Gasteiger partial charge in [0.15, 0.2) is 5.03 Å². The number of hydrogen-bond acceptors (Lipinski definition) is 6. The van der Waals surface area contributed by atoms with Crippen molar-refractivity contribution in [2.75, 3.05) is 22.7 Å². The highest BCUT2D eigenvalue weighted by Crippen LogP contribution is 2.38. The lowest BCUT2D eigenvalue weighted by Crippen LogP contribution is -2.39. The van der Waals surface area contributed by atoms with Crippen molar-refractivity contribution in [1.29, 1.82) is 0 Å². The number of sulfonamides is 1. The van der Waals surface area contributed by atoms with Gasteiger partial charge in [0.05, 0.1) is 17.2 Å². The summed E-state index contributed by atoms with van der Waals surface area (Å²) in [6.07, 6.45) is -3.56. The number of nitrogens with one attached hydrogen (secondary N) is 1. The molecule has 1 aliphatic rings. The molecule has 1 atom stereocenters. The summed E-state index contributed by atoms with van der Waals surface area (Å²) in [6.45, 7) is 2.35. The third-order valence-corrected chi connectivity index (χ3v) is 7.17. The number of aromatic nitrogens is 2. The molecule has 2 N–H and O–H groups in total. The smallest absolute Gasteiger partial charge is 0.418 e. The summed E-state index contributed by atoms with van der Waals surface area (Å²) < 4.78 is 69.3. The molecule has 0 unspecified atom stereocenters. The average Bonchev–Trinajstić information content (AvgIpc) is 2.83. The van der Waals surface area contributed by atoms with E-state index < -0.39 is 39.3 Å². The zero-order valence-corrected chi connectivity index (χ0v) is 20.0. The van der Waals surface area contributed by atoms with Crippen LogP contribution in [0.15, 0.2) is 59.6 Å². The molecule has 1 fully saturated rings. The van der Waals surface area contributed by atoms with E-state index in [1.807, 2.05) is 0 Å². The van der Waals surface area contributed by atoms with Crippen LogP contribution in [0, 0.1) is 12.8 Å². The molecule has 1 aliphatic heterocycles. The Kier molecular flexibility index (Phi) is 6.90. The highest BCUT2D eigenvalue weighted by atomic mass is 32.2. The topological polar surface area (TPSA) is 112 Å². The molecule has 3 heterocycles. The lowest BCUT2D eigenvalue weighted by molar-refractivity contribution is -0.142. The fraction of sp³-hybridized carbons (Fsp3) is 0.292. The van der Waals surface area contributed by atoms with E-state index in [4.69, 9.17) is 0 Å². The van der Waals surface area contributed by atoms with Gasteiger partial charge in [-0.25, -0.2) is 9.97 Å². The van der Waals surface area contributed by atoms with Crippen molar-refractivity contribution in [1.82, 2.24) is 9.97 Å². The second-order valence-electron chi connectivity index (χ2n) is 8.47. The summed E-state index contributed by atoms with van der Waals surface area (Å²) >= 11 is 0. The van der Waals surface area contributed by atoms with Gasteiger partial charge >= 0.3 is 12.1 Å². The van der Waals surface area contributed by atoms with Crippen LogP contribution < -0.4 is 9.62 Å². The minimum atomic E-state index is -4.69. The Bertz CT molecular complexity index is 1400. The number of alkyl halides is 3. The number of nitrogens with zero attached hydrogens (tertiary/aromatic N) is 3. The van der Waals surface area contributed by atoms with E-state index in [0.717, 1.165) is 12.1 Å². The van der Waals surface area contributed by atoms with Crippen LogP contribution in [0.25, 0.3) is 11.3 Å². The normalized spacial score (nSPS) is 16.6. The summed E-state index contributed by atoms with van der Waals surface area (Å²) in [6, 6.07) is 12.4. The quantitative estimate of drug-likeness (QED) is 0.490. The number of carboxylic acid groups (broad SMARTS) is 1. The zero-order valence-electron chi connectivity index (χ0n) is 19.2. The van der Waals surface area contributed by atoms with Crippen LogP contribution in [0.4, 0.5) is 24.8 Å². The minimum absolute atomic E-state index is 0.194. The van der Waals surface area contributed by atoms with E-state index in [1.54, 1.807) is 36.1 Å². The van der Waals surface area contributed by atoms with Crippen LogP contribution in [-0.2, 0) is 21.0 Å². The van der Waals surface area contributed by atoms with Crippen LogP contribution in [0.3, 0.4) is 0 Å². The molecule has 1 saturated heterocycles. The van der Waals surface area contributed by atoms with E-state index in [9.17, 15) is 31.5 Å². The van der Waals surface area contributed by atoms with Gasteiger partial charge in [0.25, 0.3) is 10.0 Å². The molecule has 1 aromatic carbocycles. The molecule has 0 bridgehead atoms. The summed E-state index contributed by atoms with van der Waals surface area (Å²) in [5.41, 5.74) is -0.608. The maximum absolute atomic E-state index is 13.7. The second-order valence-corrected chi connectivity index (χ2v) is 10.1. The first kappa shape index (κ1) is 25.4. The van der Waals surface area contributed by atoms with Gasteiger partial charge < -0.3 is 10.0 Å². The van der Waals surface area contributed by atoms with Crippen molar-refractivity contribution in [3.05, 3.63) is 65.7 Å². The van der Waals surface area contributed by atoms with Gasteiger partial charge in [0.2, 0.25) is 0 Å². The van der Waals surface area contributed by atoms with E-state index in [0.29, 0.717) is 30.8 Å². The molecule has 0 aliphatic carbocycles. The predicted molar refractivity (Wildman–Crippen MR) is 127 cm³/mol. The molecule has 36 heavy (non-hydrogen) atoms. The van der Waals surface area contributed by atoms with Crippen LogP contribution >= 0.6 is 0 Å². The zero-order chi connectivity index (χ0) is 26.1. The van der Waals surface area contributed by atoms with Gasteiger partial charge in [0, 0.05) is 18.7 Å². The highest BCUT2D eigenvalue weighted by molar-refractivity contribution is 7.92. The summed E-state index contributed by atoms with van der Waals surface area (Å²) in [5.74, 6) is -1.51. The standard InChI is InChI=1S/C24H23F3N4O4S/c1-15-6-2-3-8-17(15)22-18(24(25,26)27)11-12-19(28-22)30-36(34,35)21-10-4-9-20(29-21)31-13-5-7-16(14-31)23(32)33/h2-4,6,8-12,16H,5,7,13-14H2,1H3,(H,28,30)(H,32,33)/t16-/m0/s1. The van der Waals surface area contributed by atoms with Gasteiger partial charge in [0.1, 0.15) is 11.6 Å². The van der Waals surface area contributed by atoms with Crippen LogP contribution in [-0.4, -0.2) is 42.6 Å². The van der Waals surface area contributed by atoms with Crippen LogP contribution in [0.2, 0.25) is 0 Å². The summed E-state index contributed by atoms with van der Waals surface area (Å²) in [5, 5.41) is 8.95. The third-order valence-electron chi connectivity index (χ3n) is 5.92. The fourth-order valence-electron chi connectivity index (χ4n) is 4.10. The Morgan fingerprint density at radius 3 is 2.53 bits per heavy atom. The number of anilines is 2. The first-order chi connectivity index (χ1) is 17.0. The number of benzene rings is 1. The van der Waals surface area contributed by atoms with Crippen molar-refractivity contribution in [3.8, 4) is 11.3 Å². The van der Waals surface area contributed by atoms with E-state index in [-0.39, 0.29) is 23.0 Å². The van der Waals surface area contributed by atoms with Crippen molar-refractivity contribution >= 4 is 27.6 Å².